The van der Waals surface area contributed by atoms with Crippen molar-refractivity contribution in [1.29, 1.82) is 0 Å². The molecule has 0 aromatic carbocycles. The number of nitrogens with zero attached hydrogens (tertiary/aromatic N) is 3. The van der Waals surface area contributed by atoms with E-state index in [-0.39, 0.29) is 5.95 Å². The van der Waals surface area contributed by atoms with Crippen molar-refractivity contribution in [1.82, 2.24) is 15.0 Å². The van der Waals surface area contributed by atoms with Crippen molar-refractivity contribution in [2.45, 2.75) is 71.8 Å². The summed E-state index contributed by atoms with van der Waals surface area (Å²) in [5, 5.41) is 3.29. The van der Waals surface area contributed by atoms with E-state index in [9.17, 15) is 0 Å². The van der Waals surface area contributed by atoms with E-state index in [0.29, 0.717) is 18.2 Å². The van der Waals surface area contributed by atoms with Crippen LogP contribution < -0.4 is 15.8 Å². The Balaban J connectivity index is 1.68. The number of aryl methyl sites for hydroxylation is 1. The number of nitrogens with two attached hydrogens (primary N) is 1. The number of rotatable bonds is 10. The summed E-state index contributed by atoms with van der Waals surface area (Å²) in [4.78, 5) is 13.0. The molecule has 6 heteroatoms. The lowest BCUT2D eigenvalue weighted by molar-refractivity contribution is 0.300. The third-order valence-corrected chi connectivity index (χ3v) is 5.48. The van der Waals surface area contributed by atoms with E-state index in [4.69, 9.17) is 10.5 Å². The highest BCUT2D eigenvalue weighted by Gasteiger charge is 2.17. The summed E-state index contributed by atoms with van der Waals surface area (Å²) in [7, 11) is 0. The van der Waals surface area contributed by atoms with Crippen molar-refractivity contribution in [3.8, 4) is 5.75 Å². The van der Waals surface area contributed by atoms with Gasteiger partial charge in [-0.05, 0) is 42.4 Å². The van der Waals surface area contributed by atoms with Crippen molar-refractivity contribution in [2.24, 2.45) is 5.92 Å². The Labute approximate surface area is 168 Å². The van der Waals surface area contributed by atoms with Crippen LogP contribution in [0.25, 0.3) is 0 Å². The van der Waals surface area contributed by atoms with E-state index < -0.39 is 0 Å². The van der Waals surface area contributed by atoms with Crippen LogP contribution in [0.4, 0.5) is 11.8 Å². The van der Waals surface area contributed by atoms with Gasteiger partial charge in [-0.15, -0.1) is 0 Å². The molecule has 1 fully saturated rings. The van der Waals surface area contributed by atoms with Gasteiger partial charge >= 0.3 is 0 Å². The van der Waals surface area contributed by atoms with E-state index >= 15 is 0 Å². The lowest BCUT2D eigenvalue weighted by Gasteiger charge is -2.15. The maximum Gasteiger partial charge on any atom is 0.222 e. The molecule has 0 amide bonds. The van der Waals surface area contributed by atoms with Gasteiger partial charge in [-0.25, -0.2) is 4.98 Å². The molecule has 3 rings (SSSR count). The fraction of sp³-hybridized carbons (Fsp3) is 0.591. The Hall–Kier alpha value is -2.37. The second kappa shape index (κ2) is 10.2. The van der Waals surface area contributed by atoms with Gasteiger partial charge in [-0.1, -0.05) is 46.0 Å². The molecule has 28 heavy (non-hydrogen) atoms. The largest absolute Gasteiger partial charge is 0.482 e. The molecular weight excluding hydrogens is 350 g/mol. The van der Waals surface area contributed by atoms with E-state index in [1.54, 1.807) is 6.20 Å². The zero-order chi connectivity index (χ0) is 19.8. The van der Waals surface area contributed by atoms with Gasteiger partial charge in [-0.3, -0.25) is 4.98 Å². The highest BCUT2D eigenvalue weighted by Crippen LogP contribution is 2.29. The van der Waals surface area contributed by atoms with Crippen LogP contribution in [0.15, 0.2) is 18.5 Å². The standard InChI is InChI=1S/C22H33N5O/c1-3-5-10-24-21-20(14-26-22(23)27-21)28-15-19-12-18(17(4-2)13-25-19)11-16-8-6-7-9-16/h12-14,16H,3-11,15H2,1-2H3,(H3,23,24,26,27). The Kier molecular flexibility index (Phi) is 7.46. The van der Waals surface area contributed by atoms with E-state index in [1.807, 2.05) is 6.20 Å². The van der Waals surface area contributed by atoms with Crippen molar-refractivity contribution in [3.63, 3.8) is 0 Å². The van der Waals surface area contributed by atoms with Crippen molar-refractivity contribution in [2.75, 3.05) is 17.6 Å². The van der Waals surface area contributed by atoms with Crippen LogP contribution in [0.3, 0.4) is 0 Å². The molecule has 0 bridgehead atoms. The van der Waals surface area contributed by atoms with Crippen LogP contribution in [0.1, 0.15) is 69.2 Å². The highest BCUT2D eigenvalue weighted by atomic mass is 16.5. The number of nitrogen functional groups attached to an aromatic ring is 1. The van der Waals surface area contributed by atoms with Crippen molar-refractivity contribution < 1.29 is 4.74 Å². The van der Waals surface area contributed by atoms with Gasteiger partial charge in [0.2, 0.25) is 5.95 Å². The molecular formula is C22H33N5O. The molecule has 2 aromatic rings. The molecule has 0 saturated heterocycles. The predicted molar refractivity (Wildman–Crippen MR) is 113 cm³/mol. The van der Waals surface area contributed by atoms with Gasteiger partial charge in [0.05, 0.1) is 11.9 Å². The smallest absolute Gasteiger partial charge is 0.222 e. The number of nitrogens with one attached hydrogen (secondary N) is 1. The lowest BCUT2D eigenvalue weighted by atomic mass is 9.94. The predicted octanol–water partition coefficient (Wildman–Crippen LogP) is 4.54. The van der Waals surface area contributed by atoms with Gasteiger partial charge in [0.15, 0.2) is 11.6 Å². The first-order valence-electron chi connectivity index (χ1n) is 10.7. The van der Waals surface area contributed by atoms with Crippen LogP contribution in [0, 0.1) is 5.92 Å². The van der Waals surface area contributed by atoms with E-state index in [0.717, 1.165) is 43.8 Å². The van der Waals surface area contributed by atoms with Gasteiger partial charge in [0.1, 0.15) is 6.61 Å². The summed E-state index contributed by atoms with van der Waals surface area (Å²) in [5.74, 6) is 2.33. The number of ether oxygens (including phenoxy) is 1. The molecule has 2 aromatic heterocycles. The lowest BCUT2D eigenvalue weighted by Crippen LogP contribution is -2.10. The summed E-state index contributed by atoms with van der Waals surface area (Å²) in [6.45, 7) is 5.59. The second-order valence-electron chi connectivity index (χ2n) is 7.66. The second-order valence-corrected chi connectivity index (χ2v) is 7.66. The number of anilines is 2. The van der Waals surface area contributed by atoms with Crippen LogP contribution in [-0.2, 0) is 19.4 Å². The third kappa shape index (κ3) is 5.57. The van der Waals surface area contributed by atoms with Crippen LogP contribution in [0.2, 0.25) is 0 Å². The average Bonchev–Trinajstić information content (AvgIpc) is 3.21. The van der Waals surface area contributed by atoms with Crippen molar-refractivity contribution in [3.05, 3.63) is 35.3 Å². The number of pyridine rings is 1. The van der Waals surface area contributed by atoms with Crippen LogP contribution in [0.5, 0.6) is 5.75 Å². The molecule has 6 nitrogen and oxygen atoms in total. The van der Waals surface area contributed by atoms with E-state index in [2.05, 4.69) is 40.2 Å². The summed E-state index contributed by atoms with van der Waals surface area (Å²) in [6, 6.07) is 2.22. The molecule has 2 heterocycles. The number of aromatic nitrogens is 3. The van der Waals surface area contributed by atoms with E-state index in [1.165, 1.54) is 36.8 Å². The maximum atomic E-state index is 6.00. The normalized spacial score (nSPS) is 14.4. The summed E-state index contributed by atoms with van der Waals surface area (Å²) < 4.78 is 6.00. The minimum atomic E-state index is 0.246. The molecule has 1 saturated carbocycles. The van der Waals surface area contributed by atoms with Crippen LogP contribution in [-0.4, -0.2) is 21.5 Å². The topological polar surface area (TPSA) is 86.0 Å². The number of hydrogen-bond donors (Lipinski definition) is 2. The van der Waals surface area contributed by atoms with Gasteiger partial charge in [0.25, 0.3) is 0 Å². The quantitative estimate of drug-likeness (QED) is 0.586. The zero-order valence-electron chi connectivity index (χ0n) is 17.2. The molecule has 152 valence electrons. The van der Waals surface area contributed by atoms with Gasteiger partial charge in [0, 0.05) is 12.7 Å². The molecule has 0 radical (unpaired) electrons. The fourth-order valence-electron chi connectivity index (χ4n) is 3.84. The van der Waals surface area contributed by atoms with Crippen molar-refractivity contribution >= 4 is 11.8 Å². The molecule has 1 aliphatic carbocycles. The average molecular weight is 384 g/mol. The summed E-state index contributed by atoms with van der Waals surface area (Å²) in [5.41, 5.74) is 9.47. The minimum Gasteiger partial charge on any atom is -0.482 e. The third-order valence-electron chi connectivity index (χ3n) is 5.48. The monoisotopic (exact) mass is 383 g/mol. The molecule has 0 atom stereocenters. The Bertz CT molecular complexity index is 759. The molecule has 0 aliphatic heterocycles. The maximum absolute atomic E-state index is 6.00. The fourth-order valence-corrected chi connectivity index (χ4v) is 3.84. The molecule has 0 spiro atoms. The first kappa shape index (κ1) is 20.4. The van der Waals surface area contributed by atoms with Crippen LogP contribution >= 0.6 is 0 Å². The molecule has 1 aliphatic rings. The first-order valence-corrected chi connectivity index (χ1v) is 10.7. The Morgan fingerprint density at radius 2 is 1.96 bits per heavy atom. The first-order chi connectivity index (χ1) is 13.7. The van der Waals surface area contributed by atoms with Gasteiger partial charge in [-0.2, -0.15) is 4.98 Å². The number of hydrogen-bond acceptors (Lipinski definition) is 6. The minimum absolute atomic E-state index is 0.246. The Morgan fingerprint density at radius 3 is 2.71 bits per heavy atom. The molecule has 0 unspecified atom stereocenters. The SMILES string of the molecule is CCCCNc1nc(N)ncc1OCc1cc(CC2CCCC2)c(CC)cn1. The van der Waals surface area contributed by atoms with Gasteiger partial charge < -0.3 is 15.8 Å². The highest BCUT2D eigenvalue weighted by molar-refractivity contribution is 5.51. The number of unbranched alkanes of at least 4 members (excludes halogenated alkanes) is 1. The zero-order valence-corrected chi connectivity index (χ0v) is 17.2. The summed E-state index contributed by atoms with van der Waals surface area (Å²) in [6.07, 6.45) is 13.5. The summed E-state index contributed by atoms with van der Waals surface area (Å²) >= 11 is 0. The Morgan fingerprint density at radius 1 is 1.14 bits per heavy atom. The molecule has 3 N–H and O–H groups in total.